The van der Waals surface area contributed by atoms with E-state index in [0.717, 1.165) is 5.56 Å². The second-order valence-corrected chi connectivity index (χ2v) is 4.07. The van der Waals surface area contributed by atoms with E-state index in [9.17, 15) is 9.59 Å². The van der Waals surface area contributed by atoms with E-state index in [1.165, 1.54) is 0 Å². The summed E-state index contributed by atoms with van der Waals surface area (Å²) in [5.74, 6) is -1.50. The Balaban J connectivity index is 2.35. The van der Waals surface area contributed by atoms with Gasteiger partial charge in [-0.05, 0) is 19.1 Å². The molecule has 0 bridgehead atoms. The molecule has 0 saturated heterocycles. The van der Waals surface area contributed by atoms with Gasteiger partial charge in [0, 0.05) is 12.4 Å². The number of benzene rings is 1. The Labute approximate surface area is 109 Å². The third-order valence-electron chi connectivity index (χ3n) is 2.58. The molecule has 0 fully saturated rings. The molecule has 0 unspecified atom stereocenters. The SMILES string of the molecule is Cc1ccc(-n2ccnc2)c(C(=O)NCC(=O)O)c1. The van der Waals surface area contributed by atoms with E-state index in [4.69, 9.17) is 5.11 Å². The maximum Gasteiger partial charge on any atom is 0.322 e. The Bertz CT molecular complexity index is 606. The van der Waals surface area contributed by atoms with Crippen LogP contribution < -0.4 is 5.32 Å². The smallest absolute Gasteiger partial charge is 0.322 e. The minimum absolute atomic E-state index is 0.407. The lowest BCUT2D eigenvalue weighted by molar-refractivity contribution is -0.135. The van der Waals surface area contributed by atoms with E-state index in [1.807, 2.05) is 13.0 Å². The number of amides is 1. The third-order valence-corrected chi connectivity index (χ3v) is 2.58. The summed E-state index contributed by atoms with van der Waals surface area (Å²) in [4.78, 5) is 26.4. The Morgan fingerprint density at radius 2 is 2.21 bits per heavy atom. The van der Waals surface area contributed by atoms with Crippen LogP contribution in [0.5, 0.6) is 0 Å². The highest BCUT2D eigenvalue weighted by atomic mass is 16.4. The van der Waals surface area contributed by atoms with Crippen LogP contribution in [0, 0.1) is 6.92 Å². The molecule has 1 aromatic carbocycles. The van der Waals surface area contributed by atoms with Crippen molar-refractivity contribution in [3.63, 3.8) is 0 Å². The van der Waals surface area contributed by atoms with Gasteiger partial charge in [0.2, 0.25) is 0 Å². The average molecular weight is 259 g/mol. The van der Waals surface area contributed by atoms with Crippen molar-refractivity contribution in [2.75, 3.05) is 6.54 Å². The summed E-state index contributed by atoms with van der Waals surface area (Å²) in [5.41, 5.74) is 1.99. The van der Waals surface area contributed by atoms with Crippen molar-refractivity contribution in [3.8, 4) is 5.69 Å². The van der Waals surface area contributed by atoms with E-state index in [-0.39, 0.29) is 0 Å². The molecule has 6 nitrogen and oxygen atoms in total. The van der Waals surface area contributed by atoms with Gasteiger partial charge in [0.05, 0.1) is 17.6 Å². The number of nitrogens with zero attached hydrogens (tertiary/aromatic N) is 2. The summed E-state index contributed by atoms with van der Waals surface area (Å²) in [6, 6.07) is 5.39. The summed E-state index contributed by atoms with van der Waals surface area (Å²) in [5, 5.41) is 10.9. The number of aryl methyl sites for hydroxylation is 1. The minimum atomic E-state index is -1.08. The lowest BCUT2D eigenvalue weighted by Crippen LogP contribution is -2.30. The van der Waals surface area contributed by atoms with Crippen molar-refractivity contribution < 1.29 is 14.7 Å². The number of imidazole rings is 1. The normalized spacial score (nSPS) is 10.2. The molecule has 1 heterocycles. The maximum atomic E-state index is 12.0. The number of carboxylic acid groups (broad SMARTS) is 1. The minimum Gasteiger partial charge on any atom is -0.480 e. The Kier molecular flexibility index (Phi) is 3.61. The van der Waals surface area contributed by atoms with Crippen molar-refractivity contribution in [2.45, 2.75) is 6.92 Å². The lowest BCUT2D eigenvalue weighted by atomic mass is 10.1. The van der Waals surface area contributed by atoms with Gasteiger partial charge in [0.15, 0.2) is 0 Å². The van der Waals surface area contributed by atoms with Crippen LogP contribution in [0.25, 0.3) is 5.69 Å². The van der Waals surface area contributed by atoms with Gasteiger partial charge in [-0.15, -0.1) is 0 Å². The van der Waals surface area contributed by atoms with Gasteiger partial charge in [0.1, 0.15) is 6.54 Å². The fraction of sp³-hybridized carbons (Fsp3) is 0.154. The standard InChI is InChI=1S/C13H13N3O3/c1-9-2-3-11(16-5-4-14-8-16)10(6-9)13(19)15-7-12(17)18/h2-6,8H,7H2,1H3,(H,15,19)(H,17,18). The van der Waals surface area contributed by atoms with Crippen molar-refractivity contribution in [2.24, 2.45) is 0 Å². The molecule has 2 aromatic rings. The predicted molar refractivity (Wildman–Crippen MR) is 68.3 cm³/mol. The van der Waals surface area contributed by atoms with E-state index >= 15 is 0 Å². The zero-order valence-corrected chi connectivity index (χ0v) is 10.3. The second-order valence-electron chi connectivity index (χ2n) is 4.07. The van der Waals surface area contributed by atoms with Crippen molar-refractivity contribution in [1.29, 1.82) is 0 Å². The number of aromatic nitrogens is 2. The lowest BCUT2D eigenvalue weighted by Gasteiger charge is -2.10. The first-order chi connectivity index (χ1) is 9.08. The van der Waals surface area contributed by atoms with Gasteiger partial charge in [-0.1, -0.05) is 11.6 Å². The highest BCUT2D eigenvalue weighted by molar-refractivity contribution is 5.99. The van der Waals surface area contributed by atoms with E-state index < -0.39 is 18.4 Å². The highest BCUT2D eigenvalue weighted by Gasteiger charge is 2.13. The largest absolute Gasteiger partial charge is 0.480 e. The fourth-order valence-corrected chi connectivity index (χ4v) is 1.71. The number of hydrogen-bond donors (Lipinski definition) is 2. The molecule has 0 radical (unpaired) electrons. The van der Waals surface area contributed by atoms with E-state index in [1.54, 1.807) is 35.4 Å². The summed E-state index contributed by atoms with van der Waals surface area (Å²) in [6.45, 7) is 1.46. The first-order valence-electron chi connectivity index (χ1n) is 5.67. The monoisotopic (exact) mass is 259 g/mol. The molecule has 2 N–H and O–H groups in total. The van der Waals surface area contributed by atoms with E-state index in [2.05, 4.69) is 10.3 Å². The summed E-state index contributed by atoms with van der Waals surface area (Å²) in [7, 11) is 0. The number of carbonyl (C=O) groups is 2. The quantitative estimate of drug-likeness (QED) is 0.857. The fourth-order valence-electron chi connectivity index (χ4n) is 1.71. The Morgan fingerprint density at radius 3 is 2.84 bits per heavy atom. The molecule has 1 aromatic heterocycles. The number of carboxylic acids is 1. The molecule has 0 aliphatic heterocycles. The second kappa shape index (κ2) is 5.34. The number of nitrogens with one attached hydrogen (secondary N) is 1. The van der Waals surface area contributed by atoms with Crippen LogP contribution in [-0.2, 0) is 4.79 Å². The van der Waals surface area contributed by atoms with Gasteiger partial charge in [0.25, 0.3) is 5.91 Å². The molecular weight excluding hydrogens is 246 g/mol. The topological polar surface area (TPSA) is 84.2 Å². The molecule has 98 valence electrons. The molecule has 0 spiro atoms. The predicted octanol–water partition coefficient (Wildman–Crippen LogP) is 0.995. The number of aliphatic carboxylic acids is 1. The number of carbonyl (C=O) groups excluding carboxylic acids is 1. The van der Waals surface area contributed by atoms with Crippen LogP contribution in [0.2, 0.25) is 0 Å². The molecule has 0 saturated carbocycles. The highest BCUT2D eigenvalue weighted by Crippen LogP contribution is 2.16. The first-order valence-corrected chi connectivity index (χ1v) is 5.67. The van der Waals surface area contributed by atoms with Gasteiger partial charge >= 0.3 is 5.97 Å². The molecule has 2 rings (SSSR count). The first kappa shape index (κ1) is 12.8. The van der Waals surface area contributed by atoms with Gasteiger partial charge in [-0.25, -0.2) is 4.98 Å². The van der Waals surface area contributed by atoms with Gasteiger partial charge in [-0.3, -0.25) is 9.59 Å². The van der Waals surface area contributed by atoms with Crippen LogP contribution >= 0.6 is 0 Å². The summed E-state index contributed by atoms with van der Waals surface area (Å²) >= 11 is 0. The number of rotatable bonds is 4. The van der Waals surface area contributed by atoms with Crippen molar-refractivity contribution >= 4 is 11.9 Å². The Morgan fingerprint density at radius 1 is 1.42 bits per heavy atom. The van der Waals surface area contributed by atoms with Crippen molar-refractivity contribution in [1.82, 2.24) is 14.9 Å². The number of hydrogen-bond acceptors (Lipinski definition) is 3. The molecule has 19 heavy (non-hydrogen) atoms. The van der Waals surface area contributed by atoms with Crippen LogP contribution in [0.3, 0.4) is 0 Å². The van der Waals surface area contributed by atoms with Gasteiger partial charge in [-0.2, -0.15) is 0 Å². The summed E-state index contributed by atoms with van der Waals surface area (Å²) < 4.78 is 1.70. The van der Waals surface area contributed by atoms with Gasteiger partial charge < -0.3 is 15.0 Å². The molecule has 0 atom stereocenters. The van der Waals surface area contributed by atoms with Crippen LogP contribution in [0.4, 0.5) is 0 Å². The zero-order valence-electron chi connectivity index (χ0n) is 10.3. The molecular formula is C13H13N3O3. The zero-order chi connectivity index (χ0) is 13.8. The molecule has 0 aliphatic rings. The summed E-state index contributed by atoms with van der Waals surface area (Å²) in [6.07, 6.45) is 4.91. The maximum absolute atomic E-state index is 12.0. The van der Waals surface area contributed by atoms with Crippen LogP contribution in [0.15, 0.2) is 36.9 Å². The van der Waals surface area contributed by atoms with E-state index in [0.29, 0.717) is 11.3 Å². The molecule has 0 aliphatic carbocycles. The Hall–Kier alpha value is -2.63. The molecule has 1 amide bonds. The molecule has 6 heteroatoms. The van der Waals surface area contributed by atoms with Crippen LogP contribution in [-0.4, -0.2) is 33.1 Å². The average Bonchev–Trinajstić information content (AvgIpc) is 2.89. The van der Waals surface area contributed by atoms with Crippen molar-refractivity contribution in [3.05, 3.63) is 48.0 Å². The van der Waals surface area contributed by atoms with Crippen LogP contribution in [0.1, 0.15) is 15.9 Å². The third kappa shape index (κ3) is 2.98.